The maximum Gasteiger partial charge on any atom is 0.318 e. The van der Waals surface area contributed by atoms with Gasteiger partial charge in [-0.15, -0.1) is 0 Å². The monoisotopic (exact) mass is 385 g/mol. The molecule has 0 aliphatic carbocycles. The Morgan fingerprint density at radius 2 is 1.96 bits per heavy atom. The molecular weight excluding hydrogens is 362 g/mol. The van der Waals surface area contributed by atoms with Crippen LogP contribution in [0.1, 0.15) is 50.8 Å². The third-order valence-electron chi connectivity index (χ3n) is 4.07. The average molecular weight is 385 g/mol. The fraction of sp³-hybridized carbons (Fsp3) is 0.444. The summed E-state index contributed by atoms with van der Waals surface area (Å²) in [5, 5.41) is 10.7. The molecule has 0 saturated carbocycles. The number of nitrogens with one attached hydrogen (secondary N) is 1. The summed E-state index contributed by atoms with van der Waals surface area (Å²) in [6.45, 7) is 6.44. The number of carbonyl (C=O) groups excluding carboxylic acids is 1. The first-order chi connectivity index (χ1) is 13.6. The highest BCUT2D eigenvalue weighted by Gasteiger charge is 2.21. The Balaban J connectivity index is 1.61. The zero-order chi connectivity index (χ0) is 19.9. The van der Waals surface area contributed by atoms with E-state index in [4.69, 9.17) is 9.05 Å². The van der Waals surface area contributed by atoms with Gasteiger partial charge in [-0.05, 0) is 32.4 Å². The van der Waals surface area contributed by atoms with Gasteiger partial charge in [-0.3, -0.25) is 4.98 Å². The molecule has 3 rings (SSSR count). The molecule has 0 saturated heterocycles. The second-order valence-electron chi connectivity index (χ2n) is 6.23. The summed E-state index contributed by atoms with van der Waals surface area (Å²) in [5.74, 6) is 1.82. The van der Waals surface area contributed by atoms with Crippen LogP contribution in [0.4, 0.5) is 4.79 Å². The Kier molecular flexibility index (Phi) is 6.30. The van der Waals surface area contributed by atoms with Crippen LogP contribution in [0.2, 0.25) is 0 Å². The lowest BCUT2D eigenvalue weighted by Gasteiger charge is -2.21. The van der Waals surface area contributed by atoms with Crippen LogP contribution in [-0.2, 0) is 13.0 Å². The number of hydrogen-bond donors (Lipinski definition) is 1. The van der Waals surface area contributed by atoms with Gasteiger partial charge in [-0.25, -0.2) is 4.79 Å². The van der Waals surface area contributed by atoms with E-state index in [1.54, 1.807) is 36.4 Å². The molecule has 10 heteroatoms. The van der Waals surface area contributed by atoms with E-state index in [2.05, 4.69) is 30.6 Å². The van der Waals surface area contributed by atoms with E-state index in [0.717, 1.165) is 18.4 Å². The molecule has 0 radical (unpaired) electrons. The number of aromatic nitrogens is 5. The summed E-state index contributed by atoms with van der Waals surface area (Å²) in [4.78, 5) is 26.8. The second-order valence-corrected chi connectivity index (χ2v) is 6.23. The molecule has 0 aromatic carbocycles. The summed E-state index contributed by atoms with van der Waals surface area (Å²) >= 11 is 0. The van der Waals surface area contributed by atoms with Crippen LogP contribution < -0.4 is 5.32 Å². The molecule has 0 bridgehead atoms. The van der Waals surface area contributed by atoms with Crippen molar-refractivity contribution in [3.63, 3.8) is 0 Å². The number of nitrogens with zero attached hydrogens (tertiary/aromatic N) is 6. The van der Waals surface area contributed by atoms with Crippen LogP contribution in [0.5, 0.6) is 0 Å². The molecule has 2 amide bonds. The van der Waals surface area contributed by atoms with Gasteiger partial charge in [-0.1, -0.05) is 17.2 Å². The van der Waals surface area contributed by atoms with Gasteiger partial charge in [0, 0.05) is 30.9 Å². The number of hydrogen-bond acceptors (Lipinski definition) is 8. The first-order valence-electron chi connectivity index (χ1n) is 9.21. The molecule has 0 spiro atoms. The van der Waals surface area contributed by atoms with E-state index in [9.17, 15) is 4.79 Å². The van der Waals surface area contributed by atoms with Gasteiger partial charge < -0.3 is 19.3 Å². The predicted molar refractivity (Wildman–Crippen MR) is 98.9 cm³/mol. The van der Waals surface area contributed by atoms with Gasteiger partial charge in [0.2, 0.25) is 17.6 Å². The van der Waals surface area contributed by atoms with E-state index in [-0.39, 0.29) is 12.6 Å². The smallest absolute Gasteiger partial charge is 0.318 e. The van der Waals surface area contributed by atoms with E-state index < -0.39 is 6.04 Å². The third-order valence-corrected chi connectivity index (χ3v) is 4.07. The number of carbonyl (C=O) groups is 1. The standard InChI is InChI=1S/C18H23N7O3/c1-4-6-15-21-14(23-27-15)11-25(5-2)18(26)20-12(3)17-22-16(24-28-17)13-7-9-19-10-8-13/h7-10,12H,4-6,11H2,1-3H3,(H,20,26)/t12-/m1/s1. The van der Waals surface area contributed by atoms with Gasteiger partial charge in [0.05, 0.1) is 6.54 Å². The van der Waals surface area contributed by atoms with Crippen molar-refractivity contribution in [1.82, 2.24) is 35.5 Å². The molecule has 3 aromatic rings. The Labute approximate surface area is 162 Å². The van der Waals surface area contributed by atoms with Crippen molar-refractivity contribution in [3.8, 4) is 11.4 Å². The predicted octanol–water partition coefficient (Wildman–Crippen LogP) is 2.76. The van der Waals surface area contributed by atoms with Crippen LogP contribution in [0.15, 0.2) is 33.6 Å². The van der Waals surface area contributed by atoms with E-state index >= 15 is 0 Å². The number of rotatable bonds is 8. The highest BCUT2D eigenvalue weighted by Crippen LogP contribution is 2.18. The van der Waals surface area contributed by atoms with Crippen LogP contribution in [0.3, 0.4) is 0 Å². The molecule has 0 unspecified atom stereocenters. The lowest BCUT2D eigenvalue weighted by molar-refractivity contribution is 0.190. The summed E-state index contributed by atoms with van der Waals surface area (Å²) in [5.41, 5.74) is 0.790. The Bertz CT molecular complexity index is 893. The SMILES string of the molecule is CCCc1nc(CN(CC)C(=O)N[C@H](C)c2nc(-c3ccncc3)no2)no1. The molecule has 1 atom stereocenters. The molecule has 28 heavy (non-hydrogen) atoms. The van der Waals surface area contributed by atoms with Gasteiger partial charge in [0.25, 0.3) is 0 Å². The Hall–Kier alpha value is -3.30. The van der Waals surface area contributed by atoms with Crippen molar-refractivity contribution < 1.29 is 13.8 Å². The summed E-state index contributed by atoms with van der Waals surface area (Å²) in [6, 6.07) is 2.84. The van der Waals surface area contributed by atoms with E-state index in [1.165, 1.54) is 0 Å². The zero-order valence-electron chi connectivity index (χ0n) is 16.1. The summed E-state index contributed by atoms with van der Waals surface area (Å²) in [6.07, 6.45) is 4.95. The van der Waals surface area contributed by atoms with Crippen molar-refractivity contribution in [2.75, 3.05) is 6.54 Å². The first-order valence-corrected chi connectivity index (χ1v) is 9.21. The van der Waals surface area contributed by atoms with Crippen LogP contribution in [-0.4, -0.2) is 42.7 Å². The quantitative estimate of drug-likeness (QED) is 0.628. The fourth-order valence-corrected chi connectivity index (χ4v) is 2.54. The number of amides is 2. The molecule has 10 nitrogen and oxygen atoms in total. The maximum absolute atomic E-state index is 12.6. The van der Waals surface area contributed by atoms with Gasteiger partial charge in [0.1, 0.15) is 6.04 Å². The Morgan fingerprint density at radius 1 is 1.18 bits per heavy atom. The number of aryl methyl sites for hydroxylation is 1. The molecule has 3 aromatic heterocycles. The average Bonchev–Trinajstić information content (AvgIpc) is 3.37. The molecule has 0 fully saturated rings. The van der Waals surface area contributed by atoms with Crippen LogP contribution in [0.25, 0.3) is 11.4 Å². The lowest BCUT2D eigenvalue weighted by Crippen LogP contribution is -2.40. The molecule has 0 aliphatic rings. The van der Waals surface area contributed by atoms with Gasteiger partial charge in [-0.2, -0.15) is 9.97 Å². The van der Waals surface area contributed by atoms with E-state index in [1.807, 2.05) is 13.8 Å². The van der Waals surface area contributed by atoms with E-state index in [0.29, 0.717) is 30.0 Å². The minimum atomic E-state index is -0.453. The molecule has 148 valence electrons. The van der Waals surface area contributed by atoms with Crippen LogP contribution >= 0.6 is 0 Å². The first kappa shape index (κ1) is 19.5. The summed E-state index contributed by atoms with van der Waals surface area (Å²) < 4.78 is 10.5. The van der Waals surface area contributed by atoms with Crippen molar-refractivity contribution in [2.45, 2.75) is 46.2 Å². The summed E-state index contributed by atoms with van der Waals surface area (Å²) in [7, 11) is 0. The van der Waals surface area contributed by atoms with Crippen molar-refractivity contribution in [2.24, 2.45) is 0 Å². The Morgan fingerprint density at radius 3 is 2.68 bits per heavy atom. The van der Waals surface area contributed by atoms with Crippen LogP contribution in [0, 0.1) is 0 Å². The minimum absolute atomic E-state index is 0.258. The van der Waals surface area contributed by atoms with Crippen molar-refractivity contribution in [3.05, 3.63) is 42.1 Å². The molecule has 1 N–H and O–H groups in total. The second kappa shape index (κ2) is 9.07. The highest BCUT2D eigenvalue weighted by molar-refractivity contribution is 5.74. The molecular formula is C18H23N7O3. The third kappa shape index (κ3) is 4.70. The normalized spacial score (nSPS) is 12.0. The fourth-order valence-electron chi connectivity index (χ4n) is 2.54. The topological polar surface area (TPSA) is 123 Å². The van der Waals surface area contributed by atoms with Crippen molar-refractivity contribution in [1.29, 1.82) is 0 Å². The molecule has 3 heterocycles. The maximum atomic E-state index is 12.6. The molecule has 0 aliphatic heterocycles. The van der Waals surface area contributed by atoms with Gasteiger partial charge >= 0.3 is 6.03 Å². The van der Waals surface area contributed by atoms with Gasteiger partial charge in [0.15, 0.2) is 5.82 Å². The highest BCUT2D eigenvalue weighted by atomic mass is 16.5. The zero-order valence-corrected chi connectivity index (χ0v) is 16.1. The number of urea groups is 1. The lowest BCUT2D eigenvalue weighted by atomic mass is 10.2. The minimum Gasteiger partial charge on any atom is -0.339 e. The van der Waals surface area contributed by atoms with Crippen molar-refractivity contribution >= 4 is 6.03 Å². The number of pyridine rings is 1. The largest absolute Gasteiger partial charge is 0.339 e.